The van der Waals surface area contributed by atoms with Crippen molar-refractivity contribution in [2.24, 2.45) is 5.73 Å². The Labute approximate surface area is 79.8 Å². The van der Waals surface area contributed by atoms with Crippen molar-refractivity contribution in [2.75, 3.05) is 0 Å². The van der Waals surface area contributed by atoms with E-state index in [2.05, 4.69) is 15.9 Å². The molecule has 1 aromatic rings. The van der Waals surface area contributed by atoms with Crippen LogP contribution in [0.3, 0.4) is 0 Å². The maximum Gasteiger partial charge on any atom is 0.122 e. The van der Waals surface area contributed by atoms with Gasteiger partial charge in [-0.25, -0.2) is 0 Å². The van der Waals surface area contributed by atoms with E-state index in [4.69, 9.17) is 11.1 Å². The summed E-state index contributed by atoms with van der Waals surface area (Å²) in [4.78, 5) is 0. The number of halogens is 2. The number of amidine groups is 1. The summed E-state index contributed by atoms with van der Waals surface area (Å²) in [5.74, 6) is 0.104. The zero-order valence-corrected chi connectivity index (χ0v) is 8.08. The minimum Gasteiger partial charge on any atom is -0.384 e. The smallest absolute Gasteiger partial charge is 0.122 e. The van der Waals surface area contributed by atoms with Gasteiger partial charge in [-0.3, -0.25) is 5.41 Å². The number of nitrogen functional groups attached to an aromatic ring is 1. The molecular weight excluding hydrogens is 227 g/mol. The Hall–Kier alpha value is -0.540. The van der Waals surface area contributed by atoms with Crippen LogP contribution in [0.4, 0.5) is 0 Å². The third-order valence-corrected chi connectivity index (χ3v) is 1.68. The molecule has 1 aromatic carbocycles. The van der Waals surface area contributed by atoms with E-state index in [-0.39, 0.29) is 18.2 Å². The first-order valence-electron chi connectivity index (χ1n) is 2.80. The quantitative estimate of drug-likeness (QED) is 0.569. The Morgan fingerprint density at radius 3 is 2.09 bits per heavy atom. The summed E-state index contributed by atoms with van der Waals surface area (Å²) in [6, 6.07) is 7.31. The predicted octanol–water partition coefficient (Wildman–Crippen LogP) is 2.15. The summed E-state index contributed by atoms with van der Waals surface area (Å²) in [7, 11) is 0. The normalized spacial score (nSPS) is 8.45. The van der Waals surface area contributed by atoms with Crippen LogP contribution >= 0.6 is 28.3 Å². The minimum absolute atomic E-state index is 0. The zero-order chi connectivity index (χ0) is 7.56. The predicted molar refractivity (Wildman–Crippen MR) is 52.4 cm³/mol. The molecule has 0 amide bonds. The van der Waals surface area contributed by atoms with Crippen LogP contribution in [-0.2, 0) is 0 Å². The lowest BCUT2D eigenvalue weighted by Crippen LogP contribution is -2.10. The van der Waals surface area contributed by atoms with Gasteiger partial charge in [0, 0.05) is 10.0 Å². The van der Waals surface area contributed by atoms with Crippen LogP contribution in [0.15, 0.2) is 28.7 Å². The molecule has 11 heavy (non-hydrogen) atoms. The molecule has 4 heteroatoms. The Morgan fingerprint density at radius 2 is 1.73 bits per heavy atom. The second-order valence-corrected chi connectivity index (χ2v) is 2.84. The zero-order valence-electron chi connectivity index (χ0n) is 5.67. The average molecular weight is 236 g/mol. The molecule has 2 nitrogen and oxygen atoms in total. The Bertz CT molecular complexity index is 245. The number of nitrogens with two attached hydrogens (primary N) is 1. The van der Waals surface area contributed by atoms with E-state index in [9.17, 15) is 0 Å². The van der Waals surface area contributed by atoms with Crippen molar-refractivity contribution in [3.05, 3.63) is 34.3 Å². The van der Waals surface area contributed by atoms with Crippen molar-refractivity contribution in [1.82, 2.24) is 0 Å². The van der Waals surface area contributed by atoms with Crippen molar-refractivity contribution in [3.63, 3.8) is 0 Å². The van der Waals surface area contributed by atoms with Gasteiger partial charge >= 0.3 is 0 Å². The number of hydrogen-bond acceptors (Lipinski definition) is 1. The number of benzene rings is 1. The minimum atomic E-state index is 0. The molecule has 0 aliphatic rings. The summed E-state index contributed by atoms with van der Waals surface area (Å²) in [6.07, 6.45) is 0. The van der Waals surface area contributed by atoms with Crippen LogP contribution in [0.25, 0.3) is 0 Å². The average Bonchev–Trinajstić information content (AvgIpc) is 1.88. The monoisotopic (exact) mass is 234 g/mol. The van der Waals surface area contributed by atoms with Crippen molar-refractivity contribution in [2.45, 2.75) is 0 Å². The van der Waals surface area contributed by atoms with Crippen molar-refractivity contribution in [1.29, 1.82) is 5.41 Å². The first-order chi connectivity index (χ1) is 4.70. The largest absolute Gasteiger partial charge is 0.384 e. The summed E-state index contributed by atoms with van der Waals surface area (Å²) < 4.78 is 0.998. The lowest BCUT2D eigenvalue weighted by Gasteiger charge is -1.95. The highest BCUT2D eigenvalue weighted by Gasteiger charge is 1.92. The molecule has 60 valence electrons. The van der Waals surface area contributed by atoms with E-state index in [1.165, 1.54) is 0 Å². The number of hydrogen-bond donors (Lipinski definition) is 2. The highest BCUT2D eigenvalue weighted by atomic mass is 79.9. The second-order valence-electron chi connectivity index (χ2n) is 1.92. The number of rotatable bonds is 1. The van der Waals surface area contributed by atoms with Gasteiger partial charge < -0.3 is 5.73 Å². The molecule has 1 rings (SSSR count). The highest BCUT2D eigenvalue weighted by molar-refractivity contribution is 9.10. The molecule has 0 aromatic heterocycles. The van der Waals surface area contributed by atoms with Crippen molar-refractivity contribution >= 4 is 34.2 Å². The van der Waals surface area contributed by atoms with E-state index in [1.54, 1.807) is 12.1 Å². The third-order valence-electron chi connectivity index (χ3n) is 1.16. The van der Waals surface area contributed by atoms with Gasteiger partial charge in [0.05, 0.1) is 0 Å². The van der Waals surface area contributed by atoms with Crippen molar-refractivity contribution < 1.29 is 0 Å². The fourth-order valence-corrected chi connectivity index (χ4v) is 0.894. The lowest BCUT2D eigenvalue weighted by atomic mass is 10.2. The molecule has 0 bridgehead atoms. The summed E-state index contributed by atoms with van der Waals surface area (Å²) in [5, 5.41) is 7.07. The van der Waals surface area contributed by atoms with E-state index in [1.807, 2.05) is 12.1 Å². The van der Waals surface area contributed by atoms with Gasteiger partial charge in [-0.1, -0.05) is 28.1 Å². The molecule has 0 spiro atoms. The van der Waals surface area contributed by atoms with Crippen LogP contribution in [0.5, 0.6) is 0 Å². The summed E-state index contributed by atoms with van der Waals surface area (Å²) >= 11 is 3.28. The SMILES string of the molecule is Cl.N=C(N)c1ccc(Br)cc1. The molecular formula is C7H8BrClN2. The molecule has 0 heterocycles. The van der Waals surface area contributed by atoms with Crippen LogP contribution in [0, 0.1) is 5.41 Å². The highest BCUT2D eigenvalue weighted by Crippen LogP contribution is 2.09. The fraction of sp³-hybridized carbons (Fsp3) is 0. The molecule has 0 saturated carbocycles. The Balaban J connectivity index is 0.000001000. The molecule has 0 saturated heterocycles. The Morgan fingerprint density at radius 1 is 1.27 bits per heavy atom. The standard InChI is InChI=1S/C7H7BrN2.ClH/c8-6-3-1-5(2-4-6)7(9)10;/h1-4H,(H3,9,10);1H. The lowest BCUT2D eigenvalue weighted by molar-refractivity contribution is 1.42. The maximum absolute atomic E-state index is 7.07. The molecule has 0 fully saturated rings. The molecule has 0 unspecified atom stereocenters. The van der Waals surface area contributed by atoms with Crippen LogP contribution in [-0.4, -0.2) is 5.84 Å². The van der Waals surface area contributed by atoms with Crippen molar-refractivity contribution in [3.8, 4) is 0 Å². The van der Waals surface area contributed by atoms with E-state index in [0.717, 1.165) is 10.0 Å². The summed E-state index contributed by atoms with van der Waals surface area (Å²) in [5.41, 5.74) is 5.98. The van der Waals surface area contributed by atoms with E-state index >= 15 is 0 Å². The first kappa shape index (κ1) is 10.5. The van der Waals surface area contributed by atoms with Gasteiger partial charge in [0.2, 0.25) is 0 Å². The molecule has 0 radical (unpaired) electrons. The number of nitrogens with one attached hydrogen (secondary N) is 1. The van der Waals surface area contributed by atoms with E-state index < -0.39 is 0 Å². The maximum atomic E-state index is 7.07. The van der Waals surface area contributed by atoms with E-state index in [0.29, 0.717) is 0 Å². The fourth-order valence-electron chi connectivity index (χ4n) is 0.629. The van der Waals surface area contributed by atoms with Crippen LogP contribution in [0.1, 0.15) is 5.56 Å². The second kappa shape index (κ2) is 4.36. The molecule has 0 aliphatic carbocycles. The van der Waals surface area contributed by atoms with Gasteiger partial charge in [0.1, 0.15) is 5.84 Å². The molecule has 0 atom stereocenters. The van der Waals surface area contributed by atoms with Gasteiger partial charge in [-0.2, -0.15) is 0 Å². The van der Waals surface area contributed by atoms with Crippen LogP contribution < -0.4 is 5.73 Å². The third kappa shape index (κ3) is 2.91. The Kier molecular flexibility index (Phi) is 4.15. The first-order valence-corrected chi connectivity index (χ1v) is 3.59. The topological polar surface area (TPSA) is 49.9 Å². The van der Waals surface area contributed by atoms with Gasteiger partial charge in [-0.05, 0) is 12.1 Å². The van der Waals surface area contributed by atoms with Gasteiger partial charge in [-0.15, -0.1) is 12.4 Å². The van der Waals surface area contributed by atoms with Gasteiger partial charge in [0.25, 0.3) is 0 Å². The molecule has 0 aliphatic heterocycles. The summed E-state index contributed by atoms with van der Waals surface area (Å²) in [6.45, 7) is 0. The molecule has 3 N–H and O–H groups in total. The van der Waals surface area contributed by atoms with Gasteiger partial charge in [0.15, 0.2) is 0 Å². The van der Waals surface area contributed by atoms with Crippen LogP contribution in [0.2, 0.25) is 0 Å².